The lowest BCUT2D eigenvalue weighted by Gasteiger charge is -2.37. The summed E-state index contributed by atoms with van der Waals surface area (Å²) in [4.78, 5) is 2.58. The molecule has 0 aromatic heterocycles. The van der Waals surface area contributed by atoms with Crippen molar-refractivity contribution in [2.75, 3.05) is 26.2 Å². The van der Waals surface area contributed by atoms with Crippen molar-refractivity contribution in [2.24, 2.45) is 5.73 Å². The van der Waals surface area contributed by atoms with Gasteiger partial charge in [0.25, 0.3) is 0 Å². The van der Waals surface area contributed by atoms with E-state index in [0.29, 0.717) is 12.1 Å². The summed E-state index contributed by atoms with van der Waals surface area (Å²) in [5, 5.41) is 0. The molecule has 0 radical (unpaired) electrons. The fourth-order valence-corrected chi connectivity index (χ4v) is 2.58. The van der Waals surface area contributed by atoms with Crippen LogP contribution in [-0.2, 0) is 4.74 Å². The van der Waals surface area contributed by atoms with Crippen LogP contribution in [0.3, 0.4) is 0 Å². The maximum Gasteiger partial charge on any atom is 0.0730 e. The van der Waals surface area contributed by atoms with Crippen molar-refractivity contribution in [3.63, 3.8) is 0 Å². The molecule has 1 heterocycles. The Balaban J connectivity index is 1.86. The smallest absolute Gasteiger partial charge is 0.0730 e. The van der Waals surface area contributed by atoms with Crippen LogP contribution in [-0.4, -0.2) is 43.3 Å². The second kappa shape index (κ2) is 4.40. The van der Waals surface area contributed by atoms with Crippen LogP contribution in [0.2, 0.25) is 0 Å². The van der Waals surface area contributed by atoms with Gasteiger partial charge in [0, 0.05) is 12.6 Å². The molecule has 0 aromatic rings. The summed E-state index contributed by atoms with van der Waals surface area (Å²) in [5.74, 6) is 0. The molecule has 0 amide bonds. The Kier molecular flexibility index (Phi) is 3.19. The Labute approximate surface area is 80.2 Å². The highest BCUT2D eigenvalue weighted by Gasteiger charge is 2.35. The standard InChI is InChI=1S/C10H20N2O/c11-5-2-6-12-7-8-13-10-4-1-3-9(10)12/h9-10H,1-8,11H2. The van der Waals surface area contributed by atoms with E-state index in [2.05, 4.69) is 4.90 Å². The van der Waals surface area contributed by atoms with E-state index in [4.69, 9.17) is 10.5 Å². The molecule has 0 spiro atoms. The van der Waals surface area contributed by atoms with E-state index in [-0.39, 0.29) is 0 Å². The summed E-state index contributed by atoms with van der Waals surface area (Å²) in [5.41, 5.74) is 5.52. The van der Waals surface area contributed by atoms with Gasteiger partial charge in [-0.2, -0.15) is 0 Å². The third kappa shape index (κ3) is 2.03. The van der Waals surface area contributed by atoms with Crippen LogP contribution in [0.1, 0.15) is 25.7 Å². The van der Waals surface area contributed by atoms with Crippen molar-refractivity contribution in [2.45, 2.75) is 37.8 Å². The molecule has 1 aliphatic heterocycles. The summed E-state index contributed by atoms with van der Waals surface area (Å²) in [6.45, 7) is 4.02. The Morgan fingerprint density at radius 2 is 2.31 bits per heavy atom. The molecule has 3 heteroatoms. The molecule has 0 aromatic carbocycles. The highest BCUT2D eigenvalue weighted by atomic mass is 16.5. The predicted octanol–water partition coefficient (Wildman–Crippen LogP) is 0.589. The largest absolute Gasteiger partial charge is 0.375 e. The molecular formula is C10H20N2O. The number of ether oxygens (including phenoxy) is 1. The van der Waals surface area contributed by atoms with E-state index >= 15 is 0 Å². The Morgan fingerprint density at radius 1 is 1.38 bits per heavy atom. The molecule has 76 valence electrons. The molecule has 2 unspecified atom stereocenters. The van der Waals surface area contributed by atoms with Gasteiger partial charge in [0.2, 0.25) is 0 Å². The van der Waals surface area contributed by atoms with Crippen LogP contribution in [0, 0.1) is 0 Å². The molecule has 2 fully saturated rings. The summed E-state index contributed by atoms with van der Waals surface area (Å²) in [6.07, 6.45) is 5.60. The van der Waals surface area contributed by atoms with Crippen molar-refractivity contribution >= 4 is 0 Å². The molecule has 2 rings (SSSR count). The van der Waals surface area contributed by atoms with Crippen molar-refractivity contribution in [3.8, 4) is 0 Å². The minimum absolute atomic E-state index is 0.534. The lowest BCUT2D eigenvalue weighted by molar-refractivity contribution is -0.0554. The van der Waals surface area contributed by atoms with Crippen LogP contribution in [0.25, 0.3) is 0 Å². The number of morpholine rings is 1. The van der Waals surface area contributed by atoms with Crippen LogP contribution in [0.15, 0.2) is 0 Å². The van der Waals surface area contributed by atoms with Gasteiger partial charge in [0.1, 0.15) is 0 Å². The first-order valence-corrected chi connectivity index (χ1v) is 5.47. The third-order valence-electron chi connectivity index (χ3n) is 3.25. The maximum absolute atomic E-state index is 5.74. The highest BCUT2D eigenvalue weighted by Crippen LogP contribution is 2.29. The first kappa shape index (κ1) is 9.44. The molecule has 2 N–H and O–H groups in total. The molecule has 0 bridgehead atoms. The Hall–Kier alpha value is -0.120. The SMILES string of the molecule is NCCCN1CCOC2CCCC21. The van der Waals surface area contributed by atoms with Gasteiger partial charge in [0.05, 0.1) is 12.7 Å². The zero-order chi connectivity index (χ0) is 9.10. The van der Waals surface area contributed by atoms with Crippen LogP contribution in [0.5, 0.6) is 0 Å². The maximum atomic E-state index is 5.74. The number of nitrogens with two attached hydrogens (primary N) is 1. The fraction of sp³-hybridized carbons (Fsp3) is 1.00. The van der Waals surface area contributed by atoms with Gasteiger partial charge < -0.3 is 10.5 Å². The molecular weight excluding hydrogens is 164 g/mol. The van der Waals surface area contributed by atoms with Gasteiger partial charge in [-0.15, -0.1) is 0 Å². The first-order chi connectivity index (χ1) is 6.42. The lowest BCUT2D eigenvalue weighted by atomic mass is 10.1. The zero-order valence-corrected chi connectivity index (χ0v) is 8.24. The average molecular weight is 184 g/mol. The minimum atomic E-state index is 0.534. The van der Waals surface area contributed by atoms with Crippen molar-refractivity contribution in [3.05, 3.63) is 0 Å². The number of nitrogens with zero attached hydrogens (tertiary/aromatic N) is 1. The predicted molar refractivity (Wildman–Crippen MR) is 52.6 cm³/mol. The third-order valence-corrected chi connectivity index (χ3v) is 3.25. The second-order valence-electron chi connectivity index (χ2n) is 4.09. The van der Waals surface area contributed by atoms with Gasteiger partial charge in [-0.1, -0.05) is 0 Å². The van der Waals surface area contributed by atoms with E-state index in [0.717, 1.165) is 26.1 Å². The van der Waals surface area contributed by atoms with Gasteiger partial charge in [-0.05, 0) is 38.8 Å². The quantitative estimate of drug-likeness (QED) is 0.697. The average Bonchev–Trinajstić information content (AvgIpc) is 2.62. The molecule has 2 aliphatic rings. The minimum Gasteiger partial charge on any atom is -0.375 e. The number of hydrogen-bond acceptors (Lipinski definition) is 3. The molecule has 3 nitrogen and oxygen atoms in total. The number of fused-ring (bicyclic) bond motifs is 1. The summed E-state index contributed by atoms with van der Waals surface area (Å²) >= 11 is 0. The molecule has 1 saturated heterocycles. The van der Waals surface area contributed by atoms with Crippen LogP contribution >= 0.6 is 0 Å². The van der Waals surface area contributed by atoms with Crippen molar-refractivity contribution < 1.29 is 4.74 Å². The molecule has 2 atom stereocenters. The van der Waals surface area contributed by atoms with E-state index in [1.807, 2.05) is 0 Å². The second-order valence-corrected chi connectivity index (χ2v) is 4.09. The number of hydrogen-bond donors (Lipinski definition) is 1. The Morgan fingerprint density at radius 3 is 3.15 bits per heavy atom. The van der Waals surface area contributed by atoms with Gasteiger partial charge in [-0.3, -0.25) is 4.90 Å². The summed E-state index contributed by atoms with van der Waals surface area (Å²) < 4.78 is 5.74. The highest BCUT2D eigenvalue weighted by molar-refractivity contribution is 4.89. The summed E-state index contributed by atoms with van der Waals surface area (Å²) in [6, 6.07) is 0.709. The monoisotopic (exact) mass is 184 g/mol. The first-order valence-electron chi connectivity index (χ1n) is 5.47. The van der Waals surface area contributed by atoms with Crippen LogP contribution in [0.4, 0.5) is 0 Å². The van der Waals surface area contributed by atoms with Gasteiger partial charge >= 0.3 is 0 Å². The lowest BCUT2D eigenvalue weighted by Crippen LogP contribution is -2.48. The molecule has 1 saturated carbocycles. The molecule has 13 heavy (non-hydrogen) atoms. The van der Waals surface area contributed by atoms with Crippen molar-refractivity contribution in [1.82, 2.24) is 4.90 Å². The zero-order valence-electron chi connectivity index (χ0n) is 8.24. The van der Waals surface area contributed by atoms with E-state index in [9.17, 15) is 0 Å². The number of rotatable bonds is 3. The fourth-order valence-electron chi connectivity index (χ4n) is 2.58. The molecule has 1 aliphatic carbocycles. The summed E-state index contributed by atoms with van der Waals surface area (Å²) in [7, 11) is 0. The van der Waals surface area contributed by atoms with Crippen LogP contribution < -0.4 is 5.73 Å². The van der Waals surface area contributed by atoms with Crippen molar-refractivity contribution in [1.29, 1.82) is 0 Å². The van der Waals surface area contributed by atoms with Gasteiger partial charge in [-0.25, -0.2) is 0 Å². The van der Waals surface area contributed by atoms with E-state index in [1.165, 1.54) is 25.8 Å². The van der Waals surface area contributed by atoms with E-state index in [1.54, 1.807) is 0 Å². The van der Waals surface area contributed by atoms with E-state index < -0.39 is 0 Å². The Bertz CT molecular complexity index is 163. The normalized spacial score (nSPS) is 34.8. The van der Waals surface area contributed by atoms with Gasteiger partial charge in [0.15, 0.2) is 0 Å². The topological polar surface area (TPSA) is 38.5 Å².